The molecule has 0 bridgehead atoms. The van der Waals surface area contributed by atoms with Gasteiger partial charge < -0.3 is 5.32 Å². The van der Waals surface area contributed by atoms with Crippen molar-refractivity contribution < 1.29 is 17.6 Å². The highest BCUT2D eigenvalue weighted by Gasteiger charge is 2.34. The molecule has 3 nitrogen and oxygen atoms in total. The van der Waals surface area contributed by atoms with E-state index in [1.54, 1.807) is 24.3 Å². The monoisotopic (exact) mass is 383 g/mol. The van der Waals surface area contributed by atoms with Crippen molar-refractivity contribution in [3.05, 3.63) is 84.2 Å². The van der Waals surface area contributed by atoms with Crippen LogP contribution in [0.1, 0.15) is 5.56 Å². The summed E-state index contributed by atoms with van der Waals surface area (Å²) in [6.07, 6.45) is -4.53. The molecule has 0 aliphatic heterocycles. The zero-order valence-corrected chi connectivity index (χ0v) is 14.3. The van der Waals surface area contributed by atoms with Gasteiger partial charge in [0.2, 0.25) is 0 Å². The lowest BCUT2D eigenvalue weighted by molar-refractivity contribution is -0.137. The molecule has 0 saturated carbocycles. The van der Waals surface area contributed by atoms with Crippen molar-refractivity contribution in [1.29, 1.82) is 0 Å². The van der Waals surface area contributed by atoms with E-state index in [-0.39, 0.29) is 11.4 Å². The molecule has 0 aliphatic carbocycles. The van der Waals surface area contributed by atoms with E-state index >= 15 is 0 Å². The number of nitrogens with zero attached hydrogens (tertiary/aromatic N) is 2. The molecule has 3 aromatic carbocycles. The summed E-state index contributed by atoms with van der Waals surface area (Å²) in [5.74, 6) is -0.0988. The van der Waals surface area contributed by atoms with Crippen LogP contribution in [0.3, 0.4) is 0 Å². The van der Waals surface area contributed by atoms with Crippen LogP contribution >= 0.6 is 0 Å². The number of alkyl halides is 3. The van der Waals surface area contributed by atoms with Gasteiger partial charge in [0, 0.05) is 16.6 Å². The number of rotatable bonds is 3. The van der Waals surface area contributed by atoms with Crippen molar-refractivity contribution in [2.45, 2.75) is 6.18 Å². The molecule has 1 N–H and O–H groups in total. The van der Waals surface area contributed by atoms with Crippen molar-refractivity contribution in [2.75, 3.05) is 5.32 Å². The number of anilines is 2. The fourth-order valence-electron chi connectivity index (χ4n) is 2.89. The minimum atomic E-state index is -4.53. The van der Waals surface area contributed by atoms with E-state index in [1.807, 2.05) is 0 Å². The molecule has 1 heterocycles. The van der Waals surface area contributed by atoms with Crippen molar-refractivity contribution in [3.63, 3.8) is 0 Å². The van der Waals surface area contributed by atoms with Gasteiger partial charge >= 0.3 is 6.18 Å². The Morgan fingerprint density at radius 3 is 2.18 bits per heavy atom. The Morgan fingerprint density at radius 1 is 0.750 bits per heavy atom. The maximum absolute atomic E-state index is 13.4. The van der Waals surface area contributed by atoms with Gasteiger partial charge in [0.15, 0.2) is 5.82 Å². The zero-order valence-electron chi connectivity index (χ0n) is 14.3. The Morgan fingerprint density at radius 2 is 1.43 bits per heavy atom. The molecular weight excluding hydrogens is 370 g/mol. The molecule has 4 aromatic rings. The number of aromatic nitrogens is 2. The maximum Gasteiger partial charge on any atom is 0.417 e. The van der Waals surface area contributed by atoms with Crippen molar-refractivity contribution >= 4 is 22.4 Å². The number of hydrogen-bond acceptors (Lipinski definition) is 3. The Labute approximate surface area is 157 Å². The highest BCUT2D eigenvalue weighted by Crippen LogP contribution is 2.37. The Bertz CT molecular complexity index is 1140. The Hall–Kier alpha value is -3.48. The standard InChI is InChI=1S/C21H13F4N3/c22-13-9-11-14(12-10-13)26-20-16-6-2-4-8-18(16)27-19(28-20)15-5-1-3-7-17(15)21(23,24)25/h1-12H,(H,26,27,28). The number of nitrogens with one attached hydrogen (secondary N) is 1. The van der Waals surface area contributed by atoms with Crippen LogP contribution in [0.15, 0.2) is 72.8 Å². The molecular formula is C21H13F4N3. The van der Waals surface area contributed by atoms with Crippen LogP contribution in [0, 0.1) is 5.82 Å². The van der Waals surface area contributed by atoms with Gasteiger partial charge in [-0.2, -0.15) is 13.2 Å². The summed E-state index contributed by atoms with van der Waals surface area (Å²) in [6.45, 7) is 0. The summed E-state index contributed by atoms with van der Waals surface area (Å²) in [4.78, 5) is 8.67. The fraction of sp³-hybridized carbons (Fsp3) is 0.0476. The van der Waals surface area contributed by atoms with Gasteiger partial charge in [0.05, 0.1) is 11.1 Å². The van der Waals surface area contributed by atoms with Crippen LogP contribution in [-0.2, 0) is 6.18 Å². The van der Waals surface area contributed by atoms with Crippen LogP contribution < -0.4 is 5.32 Å². The first-order valence-corrected chi connectivity index (χ1v) is 8.38. The molecule has 140 valence electrons. The smallest absolute Gasteiger partial charge is 0.340 e. The number of fused-ring (bicyclic) bond motifs is 1. The van der Waals surface area contributed by atoms with Crippen molar-refractivity contribution in [1.82, 2.24) is 9.97 Å². The molecule has 0 radical (unpaired) electrons. The molecule has 0 aliphatic rings. The van der Waals surface area contributed by atoms with Gasteiger partial charge in [-0.3, -0.25) is 0 Å². The lowest BCUT2D eigenvalue weighted by Crippen LogP contribution is -2.08. The molecule has 4 rings (SSSR count). The highest BCUT2D eigenvalue weighted by atomic mass is 19.4. The maximum atomic E-state index is 13.4. The second-order valence-corrected chi connectivity index (χ2v) is 6.09. The van der Waals surface area contributed by atoms with Crippen LogP contribution in [0.2, 0.25) is 0 Å². The quantitative estimate of drug-likeness (QED) is 0.428. The molecule has 0 amide bonds. The second-order valence-electron chi connectivity index (χ2n) is 6.09. The SMILES string of the molecule is Fc1ccc(Nc2nc(-c3ccccc3C(F)(F)F)nc3ccccc23)cc1. The van der Waals surface area contributed by atoms with E-state index in [4.69, 9.17) is 0 Å². The van der Waals surface area contributed by atoms with Gasteiger partial charge in [0.1, 0.15) is 11.6 Å². The lowest BCUT2D eigenvalue weighted by atomic mass is 10.1. The third-order valence-electron chi connectivity index (χ3n) is 4.18. The van der Waals surface area contributed by atoms with Gasteiger partial charge in [-0.1, -0.05) is 30.3 Å². The molecule has 0 spiro atoms. The number of para-hydroxylation sites is 1. The Kier molecular flexibility index (Phi) is 4.43. The lowest BCUT2D eigenvalue weighted by Gasteiger charge is -2.14. The van der Waals surface area contributed by atoms with E-state index in [9.17, 15) is 17.6 Å². The fourth-order valence-corrected chi connectivity index (χ4v) is 2.89. The van der Waals surface area contributed by atoms with E-state index in [0.717, 1.165) is 6.07 Å². The highest BCUT2D eigenvalue weighted by molar-refractivity contribution is 5.92. The van der Waals surface area contributed by atoms with Crippen LogP contribution in [0.5, 0.6) is 0 Å². The van der Waals surface area contributed by atoms with Crippen LogP contribution in [0.4, 0.5) is 29.1 Å². The number of hydrogen-bond donors (Lipinski definition) is 1. The van der Waals surface area contributed by atoms with Gasteiger partial charge in [-0.25, -0.2) is 14.4 Å². The molecule has 7 heteroatoms. The van der Waals surface area contributed by atoms with Gasteiger partial charge in [-0.05, 0) is 42.5 Å². The first kappa shape index (κ1) is 17.9. The zero-order chi connectivity index (χ0) is 19.7. The largest absolute Gasteiger partial charge is 0.417 e. The minimum absolute atomic E-state index is 0.0452. The summed E-state index contributed by atoms with van der Waals surface area (Å²) < 4.78 is 53.4. The molecule has 28 heavy (non-hydrogen) atoms. The summed E-state index contributed by atoms with van der Waals surface area (Å²) >= 11 is 0. The third kappa shape index (κ3) is 3.51. The summed E-state index contributed by atoms with van der Waals surface area (Å²) in [5.41, 5.74) is 0.135. The Balaban J connectivity index is 1.89. The molecule has 0 atom stereocenters. The van der Waals surface area contributed by atoms with Crippen LogP contribution in [-0.4, -0.2) is 9.97 Å². The third-order valence-corrected chi connectivity index (χ3v) is 4.18. The number of halogens is 4. The summed E-state index contributed by atoms with van der Waals surface area (Å²) in [6, 6.07) is 17.8. The molecule has 0 fully saturated rings. The second kappa shape index (κ2) is 6.92. The topological polar surface area (TPSA) is 37.8 Å². The van der Waals surface area contributed by atoms with E-state index in [1.165, 1.54) is 42.5 Å². The molecule has 0 unspecified atom stereocenters. The van der Waals surface area contributed by atoms with Crippen LogP contribution in [0.25, 0.3) is 22.3 Å². The minimum Gasteiger partial charge on any atom is -0.340 e. The summed E-state index contributed by atoms with van der Waals surface area (Å²) in [7, 11) is 0. The van der Waals surface area contributed by atoms with Crippen molar-refractivity contribution in [3.8, 4) is 11.4 Å². The average Bonchev–Trinajstić information content (AvgIpc) is 2.69. The first-order valence-electron chi connectivity index (χ1n) is 8.38. The van der Waals surface area contributed by atoms with E-state index in [0.29, 0.717) is 22.4 Å². The van der Waals surface area contributed by atoms with Crippen molar-refractivity contribution in [2.24, 2.45) is 0 Å². The average molecular weight is 383 g/mol. The van der Waals surface area contributed by atoms with Gasteiger partial charge in [0.25, 0.3) is 0 Å². The summed E-state index contributed by atoms with van der Waals surface area (Å²) in [5, 5.41) is 3.68. The predicted molar refractivity (Wildman–Crippen MR) is 99.7 cm³/mol. The van der Waals surface area contributed by atoms with Gasteiger partial charge in [-0.15, -0.1) is 0 Å². The molecule has 0 saturated heterocycles. The van der Waals surface area contributed by atoms with E-state index in [2.05, 4.69) is 15.3 Å². The first-order chi connectivity index (χ1) is 13.4. The molecule has 1 aromatic heterocycles. The number of benzene rings is 3. The van der Waals surface area contributed by atoms with E-state index < -0.39 is 17.6 Å². The normalized spacial score (nSPS) is 11.6. The predicted octanol–water partition coefficient (Wildman–Crippen LogP) is 6.20.